The predicted molar refractivity (Wildman–Crippen MR) is 101 cm³/mol. The Balaban J connectivity index is 1.44. The summed E-state index contributed by atoms with van der Waals surface area (Å²) in [5, 5.41) is 2.93. The quantitative estimate of drug-likeness (QED) is 0.641. The van der Waals surface area contributed by atoms with E-state index in [9.17, 15) is 4.79 Å². The summed E-state index contributed by atoms with van der Waals surface area (Å²) in [5.74, 6) is 1.31. The molecule has 1 aromatic heterocycles. The van der Waals surface area contributed by atoms with Crippen molar-refractivity contribution in [3.8, 4) is 11.3 Å². The molecular weight excluding hydrogens is 380 g/mol. The van der Waals surface area contributed by atoms with E-state index in [0.29, 0.717) is 31.0 Å². The minimum absolute atomic E-state index is 0.0133. The van der Waals surface area contributed by atoms with Crippen molar-refractivity contribution in [1.29, 1.82) is 0 Å². The van der Waals surface area contributed by atoms with Crippen LogP contribution in [0.1, 0.15) is 17.9 Å². The summed E-state index contributed by atoms with van der Waals surface area (Å²) in [7, 11) is 0. The van der Waals surface area contributed by atoms with Crippen LogP contribution in [-0.2, 0) is 17.6 Å². The van der Waals surface area contributed by atoms with Crippen LogP contribution in [0.15, 0.2) is 69.7 Å². The zero-order chi connectivity index (χ0) is 17.5. The normalized spacial score (nSPS) is 10.6. The van der Waals surface area contributed by atoms with Gasteiger partial charge in [0, 0.05) is 29.4 Å². The minimum atomic E-state index is 0.0133. The fourth-order valence-corrected chi connectivity index (χ4v) is 2.74. The van der Waals surface area contributed by atoms with Crippen molar-refractivity contribution in [3.05, 3.63) is 76.7 Å². The Kier molecular flexibility index (Phi) is 6.01. The summed E-state index contributed by atoms with van der Waals surface area (Å²) in [6.07, 6.45) is 3.40. The molecular formula is C20H19BrN2O2. The maximum Gasteiger partial charge on any atom is 0.220 e. The zero-order valence-corrected chi connectivity index (χ0v) is 15.3. The molecule has 4 nitrogen and oxygen atoms in total. The van der Waals surface area contributed by atoms with Crippen molar-refractivity contribution in [2.75, 3.05) is 6.54 Å². The molecule has 128 valence electrons. The number of halogens is 1. The monoisotopic (exact) mass is 398 g/mol. The molecule has 5 heteroatoms. The Labute approximate surface area is 155 Å². The average molecular weight is 399 g/mol. The highest BCUT2D eigenvalue weighted by Crippen LogP contribution is 2.22. The predicted octanol–water partition coefficient (Wildman–Crippen LogP) is 4.40. The number of carbonyl (C=O) groups excluding carboxylic acids is 1. The van der Waals surface area contributed by atoms with Crippen LogP contribution >= 0.6 is 15.9 Å². The van der Waals surface area contributed by atoms with Gasteiger partial charge in [-0.3, -0.25) is 4.79 Å². The van der Waals surface area contributed by atoms with Crippen molar-refractivity contribution in [2.45, 2.75) is 19.3 Å². The molecule has 0 aliphatic carbocycles. The van der Waals surface area contributed by atoms with Crippen LogP contribution in [0.4, 0.5) is 0 Å². The molecule has 1 amide bonds. The summed E-state index contributed by atoms with van der Waals surface area (Å²) < 4.78 is 6.74. The lowest BCUT2D eigenvalue weighted by atomic mass is 10.1. The third kappa shape index (κ3) is 5.29. The topological polar surface area (TPSA) is 55.1 Å². The summed E-state index contributed by atoms with van der Waals surface area (Å²) >= 11 is 3.41. The maximum atomic E-state index is 11.9. The van der Waals surface area contributed by atoms with Crippen LogP contribution in [0.3, 0.4) is 0 Å². The van der Waals surface area contributed by atoms with Crippen LogP contribution in [0.5, 0.6) is 0 Å². The van der Waals surface area contributed by atoms with Gasteiger partial charge in [0.25, 0.3) is 0 Å². The Bertz CT molecular complexity index is 813. The second kappa shape index (κ2) is 8.62. The number of hydrogen-bond acceptors (Lipinski definition) is 3. The first-order chi connectivity index (χ1) is 12.2. The number of hydrogen-bond donors (Lipinski definition) is 1. The second-order valence-corrected chi connectivity index (χ2v) is 6.63. The molecule has 3 rings (SSSR count). The number of rotatable bonds is 7. The largest absolute Gasteiger partial charge is 0.441 e. The first kappa shape index (κ1) is 17.4. The van der Waals surface area contributed by atoms with Gasteiger partial charge < -0.3 is 9.73 Å². The van der Waals surface area contributed by atoms with Gasteiger partial charge >= 0.3 is 0 Å². The molecule has 0 radical (unpaired) electrons. The van der Waals surface area contributed by atoms with Crippen molar-refractivity contribution in [3.63, 3.8) is 0 Å². The zero-order valence-electron chi connectivity index (χ0n) is 13.7. The molecule has 0 atom stereocenters. The van der Waals surface area contributed by atoms with Crippen LogP contribution < -0.4 is 5.32 Å². The van der Waals surface area contributed by atoms with Gasteiger partial charge in [-0.15, -0.1) is 0 Å². The van der Waals surface area contributed by atoms with Crippen LogP contribution in [-0.4, -0.2) is 17.4 Å². The molecule has 0 saturated heterocycles. The molecule has 0 bridgehead atoms. The number of amides is 1. The molecule has 1 heterocycles. The van der Waals surface area contributed by atoms with E-state index in [1.807, 2.05) is 42.5 Å². The van der Waals surface area contributed by atoms with Crippen molar-refractivity contribution < 1.29 is 9.21 Å². The second-order valence-electron chi connectivity index (χ2n) is 5.71. The molecule has 0 aliphatic rings. The molecule has 25 heavy (non-hydrogen) atoms. The van der Waals surface area contributed by atoms with Crippen molar-refractivity contribution in [2.24, 2.45) is 0 Å². The fourth-order valence-electron chi connectivity index (χ4n) is 2.47. The van der Waals surface area contributed by atoms with Crippen molar-refractivity contribution in [1.82, 2.24) is 10.3 Å². The molecule has 0 aliphatic heterocycles. The first-order valence-corrected chi connectivity index (χ1v) is 9.01. The van der Waals surface area contributed by atoms with Gasteiger partial charge in [-0.25, -0.2) is 4.98 Å². The summed E-state index contributed by atoms with van der Waals surface area (Å²) in [6, 6.07) is 17.9. The molecule has 0 fully saturated rings. The number of aromatic nitrogens is 1. The molecule has 0 unspecified atom stereocenters. The van der Waals surface area contributed by atoms with E-state index in [-0.39, 0.29) is 5.91 Å². The van der Waals surface area contributed by atoms with Gasteiger partial charge in [-0.05, 0) is 24.1 Å². The minimum Gasteiger partial charge on any atom is -0.441 e. The van der Waals surface area contributed by atoms with E-state index in [0.717, 1.165) is 16.5 Å². The first-order valence-electron chi connectivity index (χ1n) is 8.22. The highest BCUT2D eigenvalue weighted by molar-refractivity contribution is 9.10. The maximum absolute atomic E-state index is 11.9. The summed E-state index contributed by atoms with van der Waals surface area (Å²) in [5.41, 5.74) is 2.18. The molecule has 3 aromatic rings. The Morgan fingerprint density at radius 3 is 2.56 bits per heavy atom. The third-order valence-corrected chi connectivity index (χ3v) is 4.36. The molecule has 1 N–H and O–H groups in total. The van der Waals surface area contributed by atoms with Gasteiger partial charge in [-0.2, -0.15) is 0 Å². The smallest absolute Gasteiger partial charge is 0.220 e. The Morgan fingerprint density at radius 2 is 1.80 bits per heavy atom. The van der Waals surface area contributed by atoms with E-state index in [4.69, 9.17) is 4.42 Å². The van der Waals surface area contributed by atoms with Crippen molar-refractivity contribution >= 4 is 21.8 Å². The van der Waals surface area contributed by atoms with Crippen LogP contribution in [0.25, 0.3) is 11.3 Å². The summed E-state index contributed by atoms with van der Waals surface area (Å²) in [4.78, 5) is 16.2. The number of nitrogens with zero attached hydrogens (tertiary/aromatic N) is 1. The lowest BCUT2D eigenvalue weighted by Crippen LogP contribution is -2.25. The van der Waals surface area contributed by atoms with Gasteiger partial charge in [0.2, 0.25) is 5.91 Å². The third-order valence-electron chi connectivity index (χ3n) is 3.83. The highest BCUT2D eigenvalue weighted by atomic mass is 79.9. The number of aryl methyl sites for hydroxylation is 1. The Hall–Kier alpha value is -2.40. The van der Waals surface area contributed by atoms with Gasteiger partial charge in [-0.1, -0.05) is 58.4 Å². The van der Waals surface area contributed by atoms with Gasteiger partial charge in [0.15, 0.2) is 11.7 Å². The highest BCUT2D eigenvalue weighted by Gasteiger charge is 2.09. The van der Waals surface area contributed by atoms with E-state index < -0.39 is 0 Å². The van der Waals surface area contributed by atoms with Gasteiger partial charge in [0.1, 0.15) is 0 Å². The average Bonchev–Trinajstić information content (AvgIpc) is 3.10. The summed E-state index contributed by atoms with van der Waals surface area (Å²) in [6.45, 7) is 0.637. The number of oxazole rings is 1. The fraction of sp³-hybridized carbons (Fsp3) is 0.200. The van der Waals surface area contributed by atoms with E-state index in [1.165, 1.54) is 5.56 Å². The van der Waals surface area contributed by atoms with Gasteiger partial charge in [0.05, 0.1) is 6.20 Å². The number of nitrogens with one attached hydrogen (secondary N) is 1. The SMILES string of the molecule is O=C(CCc1ncc(-c2ccc(Br)cc2)o1)NCCc1ccccc1. The molecule has 2 aromatic carbocycles. The lowest BCUT2D eigenvalue weighted by molar-refractivity contribution is -0.121. The standard InChI is InChI=1S/C20H19BrN2O2/c21-17-8-6-16(7-9-17)18-14-23-20(25-18)11-10-19(24)22-13-12-15-4-2-1-3-5-15/h1-9,14H,10-13H2,(H,22,24). The number of benzene rings is 2. The van der Waals surface area contributed by atoms with E-state index in [1.54, 1.807) is 6.20 Å². The van der Waals surface area contributed by atoms with Crippen LogP contribution in [0.2, 0.25) is 0 Å². The molecule has 0 spiro atoms. The number of carbonyl (C=O) groups is 1. The van der Waals surface area contributed by atoms with Crippen LogP contribution in [0, 0.1) is 0 Å². The van der Waals surface area contributed by atoms with E-state index >= 15 is 0 Å². The van der Waals surface area contributed by atoms with E-state index in [2.05, 4.69) is 38.4 Å². The Morgan fingerprint density at radius 1 is 1.04 bits per heavy atom. The molecule has 0 saturated carbocycles. The lowest BCUT2D eigenvalue weighted by Gasteiger charge is -2.04.